The van der Waals surface area contributed by atoms with Crippen LogP contribution in [0.15, 0.2) is 0 Å². The van der Waals surface area contributed by atoms with Gasteiger partial charge in [0, 0.05) is 0 Å². The molecule has 13 heavy (non-hydrogen) atoms. The Kier molecular flexibility index (Phi) is 8.43. The summed E-state index contributed by atoms with van der Waals surface area (Å²) in [6.07, 6.45) is -4.43. The first-order valence-corrected chi connectivity index (χ1v) is 3.40. The van der Waals surface area contributed by atoms with E-state index in [0.717, 1.165) is 0 Å². The minimum absolute atomic E-state index is 0. The summed E-state index contributed by atoms with van der Waals surface area (Å²) in [5, 5.41) is 35.2. The molecule has 6 N–H and O–H groups in total. The van der Waals surface area contributed by atoms with Gasteiger partial charge in [-0.1, -0.05) is 0 Å². The van der Waals surface area contributed by atoms with Crippen LogP contribution >= 0.6 is 12.4 Å². The largest absolute Gasteiger partial charge is 0.394 e. The SMILES string of the molecule is Cl.N[C@@H](C=O)[C@@H](O)[C@H](O)[C@H](O)[13CH2]O. The number of aldehydes is 1. The van der Waals surface area contributed by atoms with Crippen LogP contribution in [-0.4, -0.2) is 57.7 Å². The number of carbonyl (C=O) groups excluding carboxylic acids is 1. The van der Waals surface area contributed by atoms with Crippen LogP contribution in [-0.2, 0) is 4.79 Å². The van der Waals surface area contributed by atoms with Crippen molar-refractivity contribution in [2.24, 2.45) is 5.73 Å². The highest BCUT2D eigenvalue weighted by atomic mass is 35.5. The molecule has 0 aliphatic carbocycles. The molecular formula is C6H14ClNO5. The molecule has 6 nitrogen and oxygen atoms in total. The molecule has 7 heteroatoms. The summed E-state index contributed by atoms with van der Waals surface area (Å²) in [5.41, 5.74) is 5.04. The number of aliphatic hydroxyl groups excluding tert-OH is 4. The van der Waals surface area contributed by atoms with Crippen molar-refractivity contribution in [2.45, 2.75) is 24.4 Å². The molecule has 0 radical (unpaired) electrons. The van der Waals surface area contributed by atoms with E-state index in [1.54, 1.807) is 0 Å². The molecule has 0 saturated heterocycles. The first-order valence-electron chi connectivity index (χ1n) is 3.40. The Labute approximate surface area is 81.4 Å². The second kappa shape index (κ2) is 7.19. The van der Waals surface area contributed by atoms with E-state index in [-0.39, 0.29) is 18.7 Å². The molecule has 0 fully saturated rings. The van der Waals surface area contributed by atoms with Crippen molar-refractivity contribution in [3.05, 3.63) is 0 Å². The van der Waals surface area contributed by atoms with Crippen molar-refractivity contribution in [1.29, 1.82) is 0 Å². The Bertz CT molecular complexity index is 147. The topological polar surface area (TPSA) is 124 Å². The molecule has 0 aromatic heterocycles. The van der Waals surface area contributed by atoms with Gasteiger partial charge in [0.05, 0.1) is 12.6 Å². The maximum Gasteiger partial charge on any atom is 0.139 e. The van der Waals surface area contributed by atoms with Crippen LogP contribution in [0.25, 0.3) is 0 Å². The van der Waals surface area contributed by atoms with Gasteiger partial charge >= 0.3 is 0 Å². The molecule has 0 rings (SSSR count). The lowest BCUT2D eigenvalue weighted by atomic mass is 10.1. The smallest absolute Gasteiger partial charge is 0.139 e. The summed E-state index contributed by atoms with van der Waals surface area (Å²) in [7, 11) is 0. The van der Waals surface area contributed by atoms with Gasteiger partial charge in [0.25, 0.3) is 0 Å². The molecule has 0 aliphatic heterocycles. The van der Waals surface area contributed by atoms with Crippen molar-refractivity contribution in [3.63, 3.8) is 0 Å². The highest BCUT2D eigenvalue weighted by Crippen LogP contribution is 2.01. The van der Waals surface area contributed by atoms with E-state index in [2.05, 4.69) is 0 Å². The van der Waals surface area contributed by atoms with Crippen molar-refractivity contribution in [3.8, 4) is 0 Å². The second-order valence-electron chi connectivity index (χ2n) is 2.44. The maximum atomic E-state index is 10.0. The minimum atomic E-state index is -1.62. The van der Waals surface area contributed by atoms with Gasteiger partial charge in [0.15, 0.2) is 0 Å². The normalized spacial score (nSPS) is 19.5. The number of carbonyl (C=O) groups is 1. The molecule has 0 amide bonds. The van der Waals surface area contributed by atoms with Gasteiger partial charge in [-0.15, -0.1) is 12.4 Å². The number of hydrogen-bond donors (Lipinski definition) is 5. The van der Waals surface area contributed by atoms with E-state index in [0.29, 0.717) is 0 Å². The van der Waals surface area contributed by atoms with E-state index in [4.69, 9.17) is 26.2 Å². The molecule has 0 saturated carbocycles. The summed E-state index contributed by atoms with van der Waals surface area (Å²) in [4.78, 5) is 10.0. The number of rotatable bonds is 5. The second-order valence-corrected chi connectivity index (χ2v) is 2.44. The van der Waals surface area contributed by atoms with E-state index < -0.39 is 31.0 Å². The lowest BCUT2D eigenvalue weighted by Gasteiger charge is -2.23. The highest BCUT2D eigenvalue weighted by Gasteiger charge is 2.28. The Hall–Kier alpha value is -0.240. The number of hydrogen-bond acceptors (Lipinski definition) is 6. The van der Waals surface area contributed by atoms with Crippen molar-refractivity contribution in [1.82, 2.24) is 0 Å². The number of nitrogens with two attached hydrogens (primary N) is 1. The number of halogens is 1. The van der Waals surface area contributed by atoms with E-state index in [9.17, 15) is 4.79 Å². The lowest BCUT2D eigenvalue weighted by Crippen LogP contribution is -2.49. The summed E-state index contributed by atoms with van der Waals surface area (Å²) in [6, 6.07) is -1.26. The number of aliphatic hydroxyl groups is 4. The fraction of sp³-hybridized carbons (Fsp3) is 0.833. The average Bonchev–Trinajstić information content (AvgIpc) is 2.12. The van der Waals surface area contributed by atoms with Crippen molar-refractivity contribution >= 4 is 18.7 Å². The van der Waals surface area contributed by atoms with Gasteiger partial charge in [-0.25, -0.2) is 0 Å². The summed E-state index contributed by atoms with van der Waals surface area (Å²) in [5.74, 6) is 0. The fourth-order valence-corrected chi connectivity index (χ4v) is 0.644. The Morgan fingerprint density at radius 2 is 1.69 bits per heavy atom. The summed E-state index contributed by atoms with van der Waals surface area (Å²) < 4.78 is 0. The van der Waals surface area contributed by atoms with Crippen molar-refractivity contribution < 1.29 is 25.2 Å². The molecule has 0 aliphatic rings. The van der Waals surface area contributed by atoms with Gasteiger partial charge in [0.2, 0.25) is 0 Å². The zero-order valence-corrected chi connectivity index (χ0v) is 7.59. The molecule has 0 heterocycles. The summed E-state index contributed by atoms with van der Waals surface area (Å²) >= 11 is 0. The highest BCUT2D eigenvalue weighted by molar-refractivity contribution is 5.85. The average molecular weight is 217 g/mol. The molecule has 0 unspecified atom stereocenters. The van der Waals surface area contributed by atoms with Crippen LogP contribution in [0.5, 0.6) is 0 Å². The first-order chi connectivity index (χ1) is 5.54. The predicted molar refractivity (Wildman–Crippen MR) is 46.4 cm³/mol. The molecule has 0 aromatic rings. The van der Waals surface area contributed by atoms with Crippen LogP contribution in [0, 0.1) is 0 Å². The quantitative estimate of drug-likeness (QED) is 0.247. The van der Waals surface area contributed by atoms with Gasteiger partial charge in [0.1, 0.15) is 24.6 Å². The predicted octanol–water partition coefficient (Wildman–Crippen LogP) is -2.99. The molecule has 0 aromatic carbocycles. The van der Waals surface area contributed by atoms with E-state index in [1.807, 2.05) is 0 Å². The van der Waals surface area contributed by atoms with Gasteiger partial charge in [-0.3, -0.25) is 0 Å². The van der Waals surface area contributed by atoms with Crippen LogP contribution in [0.3, 0.4) is 0 Å². The van der Waals surface area contributed by atoms with Crippen LogP contribution < -0.4 is 5.73 Å². The molecular weight excluding hydrogens is 203 g/mol. The zero-order valence-electron chi connectivity index (χ0n) is 6.78. The van der Waals surface area contributed by atoms with Gasteiger partial charge in [-0.2, -0.15) is 0 Å². The molecule has 4 atom stereocenters. The van der Waals surface area contributed by atoms with Gasteiger partial charge < -0.3 is 31.0 Å². The third kappa shape index (κ3) is 4.51. The minimum Gasteiger partial charge on any atom is -0.394 e. The Balaban J connectivity index is 0. The molecule has 0 bridgehead atoms. The summed E-state index contributed by atoms with van der Waals surface area (Å²) in [6.45, 7) is -0.705. The molecule has 80 valence electrons. The van der Waals surface area contributed by atoms with Crippen LogP contribution in [0.2, 0.25) is 0 Å². The van der Waals surface area contributed by atoms with Crippen LogP contribution in [0.4, 0.5) is 0 Å². The van der Waals surface area contributed by atoms with Crippen LogP contribution in [0.1, 0.15) is 0 Å². The van der Waals surface area contributed by atoms with E-state index >= 15 is 0 Å². The van der Waals surface area contributed by atoms with Crippen molar-refractivity contribution in [2.75, 3.05) is 6.61 Å². The first kappa shape index (κ1) is 15.2. The standard InChI is InChI=1S/C6H13NO5.ClH/c7-3(1-8)5(11)6(12)4(10)2-9;/h1,3-6,9-12H,2,7H2;1H/t3-,4+,5+,6+;/m0./s1/i2+1;. The fourth-order valence-electron chi connectivity index (χ4n) is 0.644. The maximum absolute atomic E-state index is 10.0. The zero-order chi connectivity index (χ0) is 9.72. The third-order valence-corrected chi connectivity index (χ3v) is 1.48. The van der Waals surface area contributed by atoms with E-state index in [1.165, 1.54) is 0 Å². The van der Waals surface area contributed by atoms with Gasteiger partial charge in [-0.05, 0) is 0 Å². The molecule has 0 spiro atoms. The Morgan fingerprint density at radius 1 is 1.23 bits per heavy atom. The Morgan fingerprint density at radius 3 is 2.00 bits per heavy atom. The monoisotopic (exact) mass is 216 g/mol. The third-order valence-electron chi connectivity index (χ3n) is 1.48. The lowest BCUT2D eigenvalue weighted by molar-refractivity contribution is -0.118.